The molecular weight excluding hydrogens is 282 g/mol. The highest BCUT2D eigenvalue weighted by Gasteiger charge is 2.24. The van der Waals surface area contributed by atoms with E-state index in [9.17, 15) is 0 Å². The number of hydrogen-bond donors (Lipinski definition) is 1. The molecule has 1 fully saturated rings. The molecule has 0 spiro atoms. The fraction of sp³-hybridized carbons (Fsp3) is 0.733. The average molecular weight is 309 g/mol. The van der Waals surface area contributed by atoms with Gasteiger partial charge in [-0.3, -0.25) is 4.99 Å². The Labute approximate surface area is 132 Å². The minimum Gasteiger partial charge on any atom is -0.356 e. The standard InChI is InChI=1S/C15H27N5S/c1-13(2)14-11-20(9-10-21-14)15(16-3)18-5-4-7-19-8-6-17-12-19/h6,8,12-14H,4-5,7,9-11H2,1-3H3,(H,16,18). The van der Waals surface area contributed by atoms with Crippen molar-refractivity contribution in [3.05, 3.63) is 18.7 Å². The molecule has 1 aliphatic heterocycles. The molecular formula is C15H27N5S. The normalized spacial score (nSPS) is 20.1. The summed E-state index contributed by atoms with van der Waals surface area (Å²) in [6.07, 6.45) is 6.77. The molecule has 1 aromatic heterocycles. The summed E-state index contributed by atoms with van der Waals surface area (Å²) in [7, 11) is 1.88. The Morgan fingerprint density at radius 3 is 3.05 bits per heavy atom. The van der Waals surface area contributed by atoms with E-state index in [0.29, 0.717) is 5.25 Å². The Morgan fingerprint density at radius 2 is 2.38 bits per heavy atom. The van der Waals surface area contributed by atoms with Crippen LogP contribution in [0, 0.1) is 5.92 Å². The zero-order valence-corrected chi connectivity index (χ0v) is 14.1. The SMILES string of the molecule is CN=C(NCCCn1ccnc1)N1CCSC(C(C)C)C1. The summed E-state index contributed by atoms with van der Waals surface area (Å²) in [5.74, 6) is 2.96. The highest BCUT2D eigenvalue weighted by molar-refractivity contribution is 8.00. The van der Waals surface area contributed by atoms with E-state index in [0.717, 1.165) is 44.5 Å². The summed E-state index contributed by atoms with van der Waals surface area (Å²) in [6, 6.07) is 0. The van der Waals surface area contributed by atoms with Gasteiger partial charge in [0.2, 0.25) is 0 Å². The first-order valence-electron chi connectivity index (χ1n) is 7.73. The van der Waals surface area contributed by atoms with E-state index < -0.39 is 0 Å². The second-order valence-corrected chi connectivity index (χ2v) is 7.07. The molecule has 0 saturated carbocycles. The summed E-state index contributed by atoms with van der Waals surface area (Å²) in [6.45, 7) is 8.75. The van der Waals surface area contributed by atoms with Crippen molar-refractivity contribution in [2.24, 2.45) is 10.9 Å². The lowest BCUT2D eigenvalue weighted by Crippen LogP contribution is -2.49. The largest absolute Gasteiger partial charge is 0.356 e. The van der Waals surface area contributed by atoms with E-state index in [1.165, 1.54) is 5.75 Å². The number of imidazole rings is 1. The molecule has 0 amide bonds. The second-order valence-electron chi connectivity index (χ2n) is 5.73. The molecule has 21 heavy (non-hydrogen) atoms. The Kier molecular flexibility index (Phi) is 6.42. The molecule has 1 aliphatic rings. The van der Waals surface area contributed by atoms with E-state index in [2.05, 4.69) is 50.4 Å². The fourth-order valence-electron chi connectivity index (χ4n) is 2.48. The van der Waals surface area contributed by atoms with Gasteiger partial charge in [-0.25, -0.2) is 4.98 Å². The van der Waals surface area contributed by atoms with Crippen molar-refractivity contribution in [3.63, 3.8) is 0 Å². The van der Waals surface area contributed by atoms with E-state index in [1.54, 1.807) is 0 Å². The molecule has 118 valence electrons. The Bertz CT molecular complexity index is 429. The van der Waals surface area contributed by atoms with E-state index in [-0.39, 0.29) is 0 Å². The number of guanidine groups is 1. The van der Waals surface area contributed by atoms with Crippen LogP contribution in [-0.4, -0.2) is 58.1 Å². The highest BCUT2D eigenvalue weighted by Crippen LogP contribution is 2.24. The Hall–Kier alpha value is -1.17. The predicted molar refractivity (Wildman–Crippen MR) is 90.9 cm³/mol. The number of hydrogen-bond acceptors (Lipinski definition) is 3. The number of nitrogens with zero attached hydrogens (tertiary/aromatic N) is 4. The third-order valence-electron chi connectivity index (χ3n) is 3.78. The van der Waals surface area contributed by atoms with Gasteiger partial charge in [0.05, 0.1) is 6.33 Å². The van der Waals surface area contributed by atoms with Crippen LogP contribution in [0.25, 0.3) is 0 Å². The first kappa shape index (κ1) is 16.2. The van der Waals surface area contributed by atoms with E-state index >= 15 is 0 Å². The molecule has 1 aromatic rings. The number of rotatable bonds is 5. The lowest BCUT2D eigenvalue weighted by molar-refractivity contribution is 0.380. The summed E-state index contributed by atoms with van der Waals surface area (Å²) in [5, 5.41) is 4.21. The lowest BCUT2D eigenvalue weighted by Gasteiger charge is -2.36. The van der Waals surface area contributed by atoms with Gasteiger partial charge in [-0.05, 0) is 12.3 Å². The molecule has 1 atom stereocenters. The predicted octanol–water partition coefficient (Wildman–Crippen LogP) is 1.92. The average Bonchev–Trinajstić information content (AvgIpc) is 3.01. The highest BCUT2D eigenvalue weighted by atomic mass is 32.2. The molecule has 2 heterocycles. The van der Waals surface area contributed by atoms with Crippen LogP contribution in [0.5, 0.6) is 0 Å². The van der Waals surface area contributed by atoms with Gasteiger partial charge in [0, 0.05) is 56.6 Å². The van der Waals surface area contributed by atoms with Gasteiger partial charge in [-0.2, -0.15) is 11.8 Å². The smallest absolute Gasteiger partial charge is 0.193 e. The third kappa shape index (κ3) is 4.95. The number of aryl methyl sites for hydroxylation is 1. The van der Waals surface area contributed by atoms with Crippen LogP contribution in [0.4, 0.5) is 0 Å². The van der Waals surface area contributed by atoms with Crippen LogP contribution in [0.2, 0.25) is 0 Å². The maximum atomic E-state index is 4.44. The summed E-state index contributed by atoms with van der Waals surface area (Å²) >= 11 is 2.09. The molecule has 1 unspecified atom stereocenters. The third-order valence-corrected chi connectivity index (χ3v) is 5.32. The van der Waals surface area contributed by atoms with Crippen LogP contribution in [-0.2, 0) is 6.54 Å². The molecule has 1 N–H and O–H groups in total. The zero-order valence-electron chi connectivity index (χ0n) is 13.3. The molecule has 5 nitrogen and oxygen atoms in total. The van der Waals surface area contributed by atoms with Crippen LogP contribution < -0.4 is 5.32 Å². The lowest BCUT2D eigenvalue weighted by atomic mass is 10.1. The minimum atomic E-state index is 0.711. The van der Waals surface area contributed by atoms with Gasteiger partial charge in [0.25, 0.3) is 0 Å². The molecule has 0 aromatic carbocycles. The van der Waals surface area contributed by atoms with E-state index in [1.807, 2.05) is 25.8 Å². The number of aromatic nitrogens is 2. The van der Waals surface area contributed by atoms with Crippen molar-refractivity contribution in [2.75, 3.05) is 32.4 Å². The van der Waals surface area contributed by atoms with Crippen molar-refractivity contribution in [1.82, 2.24) is 19.8 Å². The minimum absolute atomic E-state index is 0.711. The summed E-state index contributed by atoms with van der Waals surface area (Å²) in [4.78, 5) is 10.9. The number of aliphatic imine (C=N–C) groups is 1. The Balaban J connectivity index is 1.74. The van der Waals surface area contributed by atoms with Crippen LogP contribution in [0.15, 0.2) is 23.7 Å². The van der Waals surface area contributed by atoms with Gasteiger partial charge in [0.1, 0.15) is 0 Å². The molecule has 6 heteroatoms. The number of thioether (sulfide) groups is 1. The topological polar surface area (TPSA) is 45.5 Å². The molecule has 0 aliphatic carbocycles. The van der Waals surface area contributed by atoms with Gasteiger partial charge in [0.15, 0.2) is 5.96 Å². The fourth-order valence-corrected chi connectivity index (χ4v) is 3.78. The molecule has 2 rings (SSSR count). The second kappa shape index (κ2) is 8.32. The van der Waals surface area contributed by atoms with Crippen molar-refractivity contribution in [3.8, 4) is 0 Å². The van der Waals surface area contributed by atoms with Gasteiger partial charge in [-0.15, -0.1) is 0 Å². The van der Waals surface area contributed by atoms with Gasteiger partial charge >= 0.3 is 0 Å². The number of nitrogens with one attached hydrogen (secondary N) is 1. The maximum Gasteiger partial charge on any atom is 0.193 e. The molecule has 0 bridgehead atoms. The van der Waals surface area contributed by atoms with Crippen molar-refractivity contribution in [2.45, 2.75) is 32.1 Å². The molecule has 1 saturated heterocycles. The molecule has 0 radical (unpaired) electrons. The van der Waals surface area contributed by atoms with Gasteiger partial charge < -0.3 is 14.8 Å². The van der Waals surface area contributed by atoms with Crippen LogP contribution >= 0.6 is 11.8 Å². The first-order valence-corrected chi connectivity index (χ1v) is 8.78. The monoisotopic (exact) mass is 309 g/mol. The van der Waals surface area contributed by atoms with Crippen molar-refractivity contribution >= 4 is 17.7 Å². The van der Waals surface area contributed by atoms with Crippen LogP contribution in [0.1, 0.15) is 20.3 Å². The van der Waals surface area contributed by atoms with Gasteiger partial charge in [-0.1, -0.05) is 13.8 Å². The van der Waals surface area contributed by atoms with Crippen molar-refractivity contribution < 1.29 is 0 Å². The zero-order chi connectivity index (χ0) is 15.1. The van der Waals surface area contributed by atoms with Crippen molar-refractivity contribution in [1.29, 1.82) is 0 Å². The summed E-state index contributed by atoms with van der Waals surface area (Å²) < 4.78 is 2.11. The van der Waals surface area contributed by atoms with Crippen LogP contribution in [0.3, 0.4) is 0 Å². The van der Waals surface area contributed by atoms with E-state index in [4.69, 9.17) is 0 Å². The first-order chi connectivity index (χ1) is 10.2. The summed E-state index contributed by atoms with van der Waals surface area (Å²) in [5.41, 5.74) is 0. The Morgan fingerprint density at radius 1 is 1.52 bits per heavy atom. The quantitative estimate of drug-likeness (QED) is 0.513. The maximum absolute atomic E-state index is 4.44.